The van der Waals surface area contributed by atoms with Crippen LogP contribution in [-0.2, 0) is 0 Å². The van der Waals surface area contributed by atoms with E-state index in [0.717, 1.165) is 5.69 Å². The Hall–Kier alpha value is -1.50. The van der Waals surface area contributed by atoms with Gasteiger partial charge < -0.3 is 5.73 Å². The van der Waals surface area contributed by atoms with E-state index in [1.165, 1.54) is 16.3 Å². The average molecular weight is 185 g/mol. The Bertz CT molecular complexity index is 458. The van der Waals surface area contributed by atoms with Crippen LogP contribution >= 0.6 is 0 Å². The van der Waals surface area contributed by atoms with Gasteiger partial charge in [0.15, 0.2) is 0 Å². The summed E-state index contributed by atoms with van der Waals surface area (Å²) < 4.78 is 0. The Kier molecular flexibility index (Phi) is 2.16. The monoisotopic (exact) mass is 185 g/mol. The lowest BCUT2D eigenvalue weighted by Gasteiger charge is -2.12. The quantitative estimate of drug-likeness (QED) is 0.675. The van der Waals surface area contributed by atoms with E-state index >= 15 is 0 Å². The minimum atomic E-state index is 0.473. The van der Waals surface area contributed by atoms with Crippen molar-refractivity contribution in [3.8, 4) is 0 Å². The van der Waals surface area contributed by atoms with Gasteiger partial charge >= 0.3 is 0 Å². The van der Waals surface area contributed by atoms with Crippen molar-refractivity contribution in [2.75, 3.05) is 5.73 Å². The van der Waals surface area contributed by atoms with E-state index in [1.54, 1.807) is 0 Å². The van der Waals surface area contributed by atoms with Crippen LogP contribution < -0.4 is 5.73 Å². The van der Waals surface area contributed by atoms with E-state index in [2.05, 4.69) is 44.2 Å². The summed E-state index contributed by atoms with van der Waals surface area (Å²) in [5, 5.41) is 2.55. The van der Waals surface area contributed by atoms with Gasteiger partial charge in [0, 0.05) is 5.69 Å². The molecule has 1 heteroatoms. The van der Waals surface area contributed by atoms with E-state index in [9.17, 15) is 0 Å². The van der Waals surface area contributed by atoms with Gasteiger partial charge in [-0.1, -0.05) is 44.2 Å². The maximum atomic E-state index is 5.99. The van der Waals surface area contributed by atoms with Crippen LogP contribution in [0.3, 0.4) is 0 Å². The zero-order valence-electron chi connectivity index (χ0n) is 8.62. The number of hydrogen-bond acceptors (Lipinski definition) is 1. The van der Waals surface area contributed by atoms with Crippen molar-refractivity contribution < 1.29 is 0 Å². The lowest BCUT2D eigenvalue weighted by Crippen LogP contribution is -1.97. The fourth-order valence-electron chi connectivity index (χ4n) is 1.96. The molecule has 0 amide bonds. The summed E-state index contributed by atoms with van der Waals surface area (Å²) in [5.74, 6) is 0.473. The molecular formula is C13H15N. The Balaban J connectivity index is 2.83. The summed E-state index contributed by atoms with van der Waals surface area (Å²) in [6, 6.07) is 12.5. The summed E-state index contributed by atoms with van der Waals surface area (Å²) in [6.07, 6.45) is 0. The minimum Gasteiger partial charge on any atom is -0.398 e. The second-order valence-electron chi connectivity index (χ2n) is 3.94. The number of nitrogens with two attached hydrogens (primary N) is 1. The summed E-state index contributed by atoms with van der Waals surface area (Å²) in [5.41, 5.74) is 8.16. The van der Waals surface area contributed by atoms with Gasteiger partial charge in [0.05, 0.1) is 0 Å². The van der Waals surface area contributed by atoms with Gasteiger partial charge in [0.1, 0.15) is 0 Å². The Morgan fingerprint density at radius 1 is 1.00 bits per heavy atom. The van der Waals surface area contributed by atoms with Crippen LogP contribution in [0.4, 0.5) is 5.69 Å². The van der Waals surface area contributed by atoms with Crippen molar-refractivity contribution in [2.24, 2.45) is 0 Å². The van der Waals surface area contributed by atoms with Crippen molar-refractivity contribution in [2.45, 2.75) is 19.8 Å². The molecule has 14 heavy (non-hydrogen) atoms. The second kappa shape index (κ2) is 3.33. The van der Waals surface area contributed by atoms with Crippen molar-refractivity contribution in [3.63, 3.8) is 0 Å². The van der Waals surface area contributed by atoms with Crippen LogP contribution in [0.15, 0.2) is 36.4 Å². The maximum Gasteiger partial charge on any atom is 0.0355 e. The highest BCUT2D eigenvalue weighted by atomic mass is 14.6. The van der Waals surface area contributed by atoms with Crippen LogP contribution in [0.1, 0.15) is 25.3 Å². The Labute approximate surface area is 84.5 Å². The number of benzene rings is 2. The van der Waals surface area contributed by atoms with E-state index in [-0.39, 0.29) is 0 Å². The van der Waals surface area contributed by atoms with E-state index < -0.39 is 0 Å². The van der Waals surface area contributed by atoms with Crippen LogP contribution in [0.2, 0.25) is 0 Å². The van der Waals surface area contributed by atoms with E-state index in [0.29, 0.717) is 5.92 Å². The first-order valence-electron chi connectivity index (χ1n) is 4.97. The topological polar surface area (TPSA) is 26.0 Å². The zero-order chi connectivity index (χ0) is 10.1. The highest BCUT2D eigenvalue weighted by molar-refractivity contribution is 5.90. The van der Waals surface area contributed by atoms with Gasteiger partial charge in [-0.05, 0) is 28.3 Å². The first-order valence-corrected chi connectivity index (χ1v) is 4.97. The first-order chi connectivity index (χ1) is 6.70. The molecule has 2 aromatic carbocycles. The zero-order valence-corrected chi connectivity index (χ0v) is 8.62. The lowest BCUT2D eigenvalue weighted by molar-refractivity contribution is 0.879. The molecule has 0 bridgehead atoms. The van der Waals surface area contributed by atoms with Gasteiger partial charge in [-0.15, -0.1) is 0 Å². The highest BCUT2D eigenvalue weighted by Gasteiger charge is 2.07. The summed E-state index contributed by atoms with van der Waals surface area (Å²) in [7, 11) is 0. The third kappa shape index (κ3) is 1.35. The largest absolute Gasteiger partial charge is 0.398 e. The van der Waals surface area contributed by atoms with Gasteiger partial charge in [-0.2, -0.15) is 0 Å². The molecule has 0 radical (unpaired) electrons. The van der Waals surface area contributed by atoms with Crippen LogP contribution in [-0.4, -0.2) is 0 Å². The Morgan fingerprint density at radius 3 is 2.43 bits per heavy atom. The van der Waals surface area contributed by atoms with Crippen molar-refractivity contribution >= 4 is 16.5 Å². The molecule has 72 valence electrons. The molecule has 2 N–H and O–H groups in total. The van der Waals surface area contributed by atoms with E-state index in [1.807, 2.05) is 6.07 Å². The van der Waals surface area contributed by atoms with Crippen LogP contribution in [0, 0.1) is 0 Å². The molecule has 0 saturated carbocycles. The van der Waals surface area contributed by atoms with Gasteiger partial charge in [-0.3, -0.25) is 0 Å². The molecule has 0 unspecified atom stereocenters. The molecule has 0 fully saturated rings. The molecule has 0 aliphatic carbocycles. The predicted octanol–water partition coefficient (Wildman–Crippen LogP) is 3.55. The molecule has 0 saturated heterocycles. The third-order valence-corrected chi connectivity index (χ3v) is 2.58. The molecule has 0 aromatic heterocycles. The number of anilines is 1. The van der Waals surface area contributed by atoms with Crippen molar-refractivity contribution in [3.05, 3.63) is 42.0 Å². The number of fused-ring (bicyclic) bond motifs is 1. The summed E-state index contributed by atoms with van der Waals surface area (Å²) >= 11 is 0. The lowest BCUT2D eigenvalue weighted by atomic mass is 9.94. The molecule has 0 atom stereocenters. The molecular weight excluding hydrogens is 170 g/mol. The first kappa shape index (κ1) is 9.07. The fraction of sp³-hybridized carbons (Fsp3) is 0.231. The predicted molar refractivity (Wildman–Crippen MR) is 62.4 cm³/mol. The Morgan fingerprint density at radius 2 is 1.71 bits per heavy atom. The average Bonchev–Trinajstić information content (AvgIpc) is 2.17. The van der Waals surface area contributed by atoms with Gasteiger partial charge in [0.25, 0.3) is 0 Å². The molecule has 0 spiro atoms. The molecule has 0 aliphatic heterocycles. The highest BCUT2D eigenvalue weighted by Crippen LogP contribution is 2.30. The fourth-order valence-corrected chi connectivity index (χ4v) is 1.96. The van der Waals surface area contributed by atoms with Crippen molar-refractivity contribution in [1.82, 2.24) is 0 Å². The molecule has 2 aromatic rings. The molecule has 0 aliphatic rings. The number of nitrogen functional groups attached to an aromatic ring is 1. The molecule has 0 heterocycles. The van der Waals surface area contributed by atoms with Crippen molar-refractivity contribution in [1.29, 1.82) is 0 Å². The van der Waals surface area contributed by atoms with Crippen LogP contribution in [0.5, 0.6) is 0 Å². The molecule has 2 rings (SSSR count). The summed E-state index contributed by atoms with van der Waals surface area (Å²) in [4.78, 5) is 0. The smallest absolute Gasteiger partial charge is 0.0355 e. The second-order valence-corrected chi connectivity index (χ2v) is 3.94. The summed E-state index contributed by atoms with van der Waals surface area (Å²) in [6.45, 7) is 4.36. The normalized spacial score (nSPS) is 11.1. The van der Waals surface area contributed by atoms with Crippen LogP contribution in [0.25, 0.3) is 10.8 Å². The maximum absolute atomic E-state index is 5.99. The minimum absolute atomic E-state index is 0.473. The number of hydrogen-bond donors (Lipinski definition) is 1. The SMILES string of the molecule is CC(C)c1c(N)ccc2ccccc12. The number of rotatable bonds is 1. The molecule has 1 nitrogen and oxygen atoms in total. The standard InChI is InChI=1S/C13H15N/c1-9(2)13-11-6-4-3-5-10(11)7-8-12(13)14/h3-9H,14H2,1-2H3. The van der Waals surface area contributed by atoms with E-state index in [4.69, 9.17) is 5.73 Å². The third-order valence-electron chi connectivity index (χ3n) is 2.58. The van der Waals surface area contributed by atoms with Gasteiger partial charge in [0.2, 0.25) is 0 Å². The van der Waals surface area contributed by atoms with Gasteiger partial charge in [-0.25, -0.2) is 0 Å².